The molecule has 3 aliphatic rings. The molecule has 0 spiro atoms. The molecule has 2 unspecified atom stereocenters. The summed E-state index contributed by atoms with van der Waals surface area (Å²) in [6.45, 7) is 12.1. The van der Waals surface area contributed by atoms with Crippen molar-refractivity contribution in [2.45, 2.75) is 31.5 Å². The fourth-order valence-electron chi connectivity index (χ4n) is 7.90. The van der Waals surface area contributed by atoms with Crippen molar-refractivity contribution in [3.8, 4) is 0 Å². The van der Waals surface area contributed by atoms with Crippen LogP contribution in [0, 0.1) is 11.8 Å². The molecule has 5 aromatic rings. The van der Waals surface area contributed by atoms with Crippen LogP contribution in [0.3, 0.4) is 0 Å². The number of benzene rings is 4. The Morgan fingerprint density at radius 1 is 0.900 bits per heavy atom. The molecular weight excluding hydrogens is 488 g/mol. The number of aromatic nitrogens is 1. The lowest BCUT2D eigenvalue weighted by Crippen LogP contribution is -2.67. The minimum Gasteiger partial charge on any atom is -0.363 e. The third kappa shape index (κ3) is 4.16. The van der Waals surface area contributed by atoms with Gasteiger partial charge in [0.2, 0.25) is 0 Å². The molecular formula is C37H37N2O+. The second-order valence-electron chi connectivity index (χ2n) is 11.8. The van der Waals surface area contributed by atoms with Gasteiger partial charge in [-0.3, -0.25) is 4.98 Å². The van der Waals surface area contributed by atoms with Gasteiger partial charge in [-0.15, -0.1) is 13.2 Å². The van der Waals surface area contributed by atoms with Crippen LogP contribution in [0.4, 0.5) is 0 Å². The van der Waals surface area contributed by atoms with E-state index in [1.54, 1.807) is 0 Å². The third-order valence-corrected chi connectivity index (χ3v) is 9.76. The Hall–Kier alpha value is -3.79. The number of nitrogens with zero attached hydrogens (tertiary/aromatic N) is 2. The molecule has 0 N–H and O–H groups in total. The lowest BCUT2D eigenvalue weighted by molar-refractivity contribution is -0.984. The minimum atomic E-state index is -0.0410. The summed E-state index contributed by atoms with van der Waals surface area (Å²) in [5.41, 5.74) is 3.74. The van der Waals surface area contributed by atoms with Crippen LogP contribution in [0.5, 0.6) is 0 Å². The molecule has 4 aromatic carbocycles. The number of pyridine rings is 1. The van der Waals surface area contributed by atoms with Crippen molar-refractivity contribution in [1.29, 1.82) is 0 Å². The van der Waals surface area contributed by atoms with Crippen molar-refractivity contribution < 1.29 is 9.22 Å². The van der Waals surface area contributed by atoms with E-state index in [2.05, 4.69) is 109 Å². The molecule has 8 rings (SSSR count). The van der Waals surface area contributed by atoms with Gasteiger partial charge >= 0.3 is 0 Å². The smallest absolute Gasteiger partial charge is 0.135 e. The first kappa shape index (κ1) is 25.2. The molecule has 3 saturated heterocycles. The normalized spacial score (nSPS) is 24.9. The van der Waals surface area contributed by atoms with Crippen molar-refractivity contribution in [1.82, 2.24) is 4.98 Å². The largest absolute Gasteiger partial charge is 0.363 e. The third-order valence-electron chi connectivity index (χ3n) is 9.76. The number of hydrogen-bond donors (Lipinski definition) is 0. The summed E-state index contributed by atoms with van der Waals surface area (Å²) >= 11 is 0. The Kier molecular flexibility index (Phi) is 6.50. The number of piperidine rings is 3. The zero-order valence-electron chi connectivity index (χ0n) is 23.1. The summed E-state index contributed by atoms with van der Waals surface area (Å²) in [5.74, 6) is 1.18. The van der Waals surface area contributed by atoms with E-state index in [1.807, 2.05) is 12.3 Å². The van der Waals surface area contributed by atoms with Crippen LogP contribution in [-0.2, 0) is 11.3 Å². The Morgan fingerprint density at radius 3 is 2.33 bits per heavy atom. The van der Waals surface area contributed by atoms with Gasteiger partial charge in [0, 0.05) is 35.9 Å². The molecule has 0 radical (unpaired) electrons. The minimum absolute atomic E-state index is 0.0410. The molecule has 3 nitrogen and oxygen atoms in total. The predicted octanol–water partition coefficient (Wildman–Crippen LogP) is 8.40. The van der Waals surface area contributed by atoms with E-state index in [0.717, 1.165) is 36.1 Å². The average Bonchev–Trinajstić information content (AvgIpc) is 3.01. The van der Waals surface area contributed by atoms with Gasteiger partial charge in [0.05, 0.1) is 25.2 Å². The van der Waals surface area contributed by atoms with Crippen LogP contribution >= 0.6 is 0 Å². The highest BCUT2D eigenvalue weighted by molar-refractivity contribution is 6.02. The van der Waals surface area contributed by atoms with E-state index in [9.17, 15) is 0 Å². The standard InChI is InChI=1S/C37H37N2O/c1-3-21-40-37(33-17-19-38-35-16-10-9-15-32(33)35)36-23-27-18-20-39(36,24-26(27)4-2)25-34-30-13-7-5-11-28(30)22-29-12-6-8-14-31(29)34/h3-17,19,22,26-27,36-37H,1-2,18,20-21,23-25H2/q+1/t26-,27?,36?,37+,39+/m0/s1. The fraction of sp³-hybridized carbons (Fsp3) is 0.270. The van der Waals surface area contributed by atoms with E-state index in [1.165, 1.54) is 44.5 Å². The lowest BCUT2D eigenvalue weighted by atomic mass is 9.70. The summed E-state index contributed by atoms with van der Waals surface area (Å²) in [5, 5.41) is 6.56. The summed E-state index contributed by atoms with van der Waals surface area (Å²) in [4.78, 5) is 4.68. The monoisotopic (exact) mass is 525 g/mol. The highest BCUT2D eigenvalue weighted by Crippen LogP contribution is 2.50. The van der Waals surface area contributed by atoms with Crippen LogP contribution in [0.25, 0.3) is 32.4 Å². The molecule has 2 bridgehead atoms. The van der Waals surface area contributed by atoms with Gasteiger partial charge in [0.1, 0.15) is 18.7 Å². The second kappa shape index (κ2) is 10.3. The van der Waals surface area contributed by atoms with Gasteiger partial charge < -0.3 is 9.22 Å². The Morgan fingerprint density at radius 2 is 1.60 bits per heavy atom. The maximum Gasteiger partial charge on any atom is 0.135 e. The van der Waals surface area contributed by atoms with E-state index < -0.39 is 0 Å². The maximum absolute atomic E-state index is 6.80. The average molecular weight is 526 g/mol. The van der Waals surface area contributed by atoms with Crippen molar-refractivity contribution in [2.24, 2.45) is 11.8 Å². The van der Waals surface area contributed by atoms with E-state index in [0.29, 0.717) is 24.5 Å². The van der Waals surface area contributed by atoms with E-state index in [-0.39, 0.29) is 6.10 Å². The van der Waals surface area contributed by atoms with Gasteiger partial charge in [-0.2, -0.15) is 0 Å². The zero-order chi connectivity index (χ0) is 27.1. The lowest BCUT2D eigenvalue weighted by Gasteiger charge is -2.58. The second-order valence-corrected chi connectivity index (χ2v) is 11.8. The number of hydrogen-bond acceptors (Lipinski definition) is 2. The molecule has 0 aliphatic carbocycles. The quantitative estimate of drug-likeness (QED) is 0.115. The van der Waals surface area contributed by atoms with Gasteiger partial charge in [-0.25, -0.2) is 0 Å². The molecule has 1 aromatic heterocycles. The van der Waals surface area contributed by atoms with E-state index >= 15 is 0 Å². The van der Waals surface area contributed by atoms with Crippen molar-refractivity contribution in [2.75, 3.05) is 19.7 Å². The van der Waals surface area contributed by atoms with Gasteiger partial charge in [0.15, 0.2) is 0 Å². The molecule has 3 aliphatic heterocycles. The highest BCUT2D eigenvalue weighted by atomic mass is 16.5. The zero-order valence-corrected chi connectivity index (χ0v) is 23.1. The Bertz CT molecular complexity index is 1670. The van der Waals surface area contributed by atoms with Gasteiger partial charge in [0.25, 0.3) is 0 Å². The predicted molar refractivity (Wildman–Crippen MR) is 166 cm³/mol. The van der Waals surface area contributed by atoms with Gasteiger partial charge in [-0.05, 0) is 51.2 Å². The molecule has 3 heteroatoms. The topological polar surface area (TPSA) is 22.1 Å². The summed E-state index contributed by atoms with van der Waals surface area (Å²) in [6, 6.07) is 31.2. The first-order valence-corrected chi connectivity index (χ1v) is 14.6. The van der Waals surface area contributed by atoms with Crippen LogP contribution in [0.2, 0.25) is 0 Å². The number of fused-ring (bicyclic) bond motifs is 6. The molecule has 200 valence electrons. The van der Waals surface area contributed by atoms with Gasteiger partial charge in [-0.1, -0.05) is 78.9 Å². The van der Waals surface area contributed by atoms with Crippen molar-refractivity contribution in [3.05, 3.63) is 128 Å². The summed E-state index contributed by atoms with van der Waals surface area (Å²) in [6.07, 6.45) is 8.41. The highest BCUT2D eigenvalue weighted by Gasteiger charge is 2.54. The Labute approximate surface area is 237 Å². The first-order chi connectivity index (χ1) is 19.7. The number of rotatable bonds is 8. The van der Waals surface area contributed by atoms with Crippen LogP contribution in [0.1, 0.15) is 30.1 Å². The molecule has 5 atom stereocenters. The van der Waals surface area contributed by atoms with Crippen LogP contribution in [-0.4, -0.2) is 35.2 Å². The van der Waals surface area contributed by atoms with Crippen LogP contribution in [0.15, 0.2) is 116 Å². The number of quaternary nitrogens is 1. The summed E-state index contributed by atoms with van der Waals surface area (Å²) < 4.78 is 7.81. The van der Waals surface area contributed by atoms with Crippen molar-refractivity contribution in [3.63, 3.8) is 0 Å². The molecule has 3 fully saturated rings. The number of ether oxygens (including phenoxy) is 1. The maximum atomic E-state index is 6.80. The van der Waals surface area contributed by atoms with Crippen molar-refractivity contribution >= 4 is 32.4 Å². The Balaban J connectivity index is 1.41. The number of para-hydroxylation sites is 1. The molecule has 0 saturated carbocycles. The SMILES string of the molecule is C=CCO[C@H](c1ccnc2ccccc12)C1CC2CC[N@+]1(Cc1c3ccccc3cc3ccccc13)C[C@@H]2C=C. The summed E-state index contributed by atoms with van der Waals surface area (Å²) in [7, 11) is 0. The molecule has 40 heavy (non-hydrogen) atoms. The van der Waals surface area contributed by atoms with E-state index in [4.69, 9.17) is 4.74 Å². The fourth-order valence-corrected chi connectivity index (χ4v) is 7.90. The first-order valence-electron chi connectivity index (χ1n) is 14.6. The van der Waals surface area contributed by atoms with Crippen LogP contribution < -0.4 is 0 Å². The molecule has 0 amide bonds. The molecule has 4 heterocycles.